The molecule has 0 fully saturated rings. The first kappa shape index (κ1) is 22.9. The van der Waals surface area contributed by atoms with Crippen LogP contribution in [0.15, 0.2) is 47.4 Å². The summed E-state index contributed by atoms with van der Waals surface area (Å²) in [6, 6.07) is 7.01. The van der Waals surface area contributed by atoms with Crippen molar-refractivity contribution >= 4 is 27.4 Å². The third kappa shape index (κ3) is 5.41. The van der Waals surface area contributed by atoms with E-state index in [1.54, 1.807) is 0 Å². The van der Waals surface area contributed by atoms with Crippen LogP contribution < -0.4 is 29.6 Å². The molecule has 0 aliphatic heterocycles. The summed E-state index contributed by atoms with van der Waals surface area (Å²) in [7, 11) is -4.43. The van der Waals surface area contributed by atoms with Gasteiger partial charge in [-0.3, -0.25) is 14.3 Å². The van der Waals surface area contributed by atoms with E-state index in [0.717, 1.165) is 24.3 Å². The summed E-state index contributed by atoms with van der Waals surface area (Å²) in [5, 5.41) is 11.2. The Balaban J connectivity index is 0.00000338. The molecule has 0 amide bonds. The van der Waals surface area contributed by atoms with Crippen molar-refractivity contribution in [2.24, 2.45) is 0 Å². The van der Waals surface area contributed by atoms with Gasteiger partial charge >= 0.3 is 35.7 Å². The fourth-order valence-electron chi connectivity index (χ4n) is 1.97. The Kier molecular flexibility index (Phi) is 7.63. The third-order valence-corrected chi connectivity index (χ3v) is 4.64. The van der Waals surface area contributed by atoms with Gasteiger partial charge in [0.1, 0.15) is 0 Å². The van der Waals surface area contributed by atoms with Crippen LogP contribution in [0, 0.1) is 10.1 Å². The van der Waals surface area contributed by atoms with E-state index < -0.39 is 44.6 Å². The quantitative estimate of drug-likeness (QED) is 0.315. The predicted octanol–water partition coefficient (Wildman–Crippen LogP) is 1.29. The van der Waals surface area contributed by atoms with E-state index in [0.29, 0.717) is 6.07 Å². The Morgan fingerprint density at radius 3 is 2.23 bits per heavy atom. The van der Waals surface area contributed by atoms with Crippen LogP contribution >= 0.6 is 11.6 Å². The average Bonchev–Trinajstić information content (AvgIpc) is 2.52. The normalized spacial score (nSPS) is 11.7. The van der Waals surface area contributed by atoms with E-state index in [-0.39, 0.29) is 40.9 Å². The molecule has 12 heteroatoms. The van der Waals surface area contributed by atoms with Crippen molar-refractivity contribution < 1.29 is 61.7 Å². The molecule has 2 aromatic rings. The maximum atomic E-state index is 13.0. The van der Waals surface area contributed by atoms with Gasteiger partial charge in [0.2, 0.25) is 0 Å². The molecule has 0 saturated heterocycles. The number of rotatable bonds is 5. The summed E-state index contributed by atoms with van der Waals surface area (Å²) in [5.41, 5.74) is -3.10. The Morgan fingerprint density at radius 1 is 1.15 bits per heavy atom. The Bertz CT molecular complexity index is 910. The number of halogens is 4. The molecule has 0 N–H and O–H groups in total. The standard InChI is InChI=1S/C14H9ClF3NO5S.Na.H/c15-9-4-6-10(7-5-9)25(22,23)24-8-11-12(14(16,17)18)2-1-3-13(11)19(20)21;;/h1-7H,8H2;;/q;+1;-1. The zero-order chi connectivity index (χ0) is 18.8. The number of benzene rings is 2. The maximum absolute atomic E-state index is 13.0. The van der Waals surface area contributed by atoms with E-state index in [2.05, 4.69) is 4.18 Å². The molecule has 26 heavy (non-hydrogen) atoms. The van der Waals surface area contributed by atoms with Crippen LogP contribution in [-0.4, -0.2) is 13.3 Å². The monoisotopic (exact) mass is 419 g/mol. The number of hydrogen-bond donors (Lipinski definition) is 0. The molecule has 136 valence electrons. The summed E-state index contributed by atoms with van der Waals surface area (Å²) in [5.74, 6) is 0. The van der Waals surface area contributed by atoms with Gasteiger partial charge in [0.25, 0.3) is 15.8 Å². The first-order valence-corrected chi connectivity index (χ1v) is 8.29. The molecule has 2 aromatic carbocycles. The zero-order valence-corrected chi connectivity index (χ0v) is 16.7. The first-order chi connectivity index (χ1) is 11.5. The zero-order valence-electron chi connectivity index (χ0n) is 14.2. The molecule has 0 unspecified atom stereocenters. The molecule has 0 heterocycles. The molecule has 0 atom stereocenters. The minimum atomic E-state index is -4.91. The van der Waals surface area contributed by atoms with E-state index in [9.17, 15) is 31.7 Å². The van der Waals surface area contributed by atoms with Crippen LogP contribution in [0.3, 0.4) is 0 Å². The maximum Gasteiger partial charge on any atom is 1.00 e. The van der Waals surface area contributed by atoms with Gasteiger partial charge in [0.15, 0.2) is 0 Å². The van der Waals surface area contributed by atoms with E-state index in [1.165, 1.54) is 12.1 Å². The molecule has 0 saturated carbocycles. The van der Waals surface area contributed by atoms with Crippen molar-refractivity contribution in [1.29, 1.82) is 0 Å². The van der Waals surface area contributed by atoms with Crippen molar-refractivity contribution in [2.75, 3.05) is 0 Å². The van der Waals surface area contributed by atoms with Gasteiger partial charge in [-0.25, -0.2) is 0 Å². The number of alkyl halides is 3. The van der Waals surface area contributed by atoms with Crippen molar-refractivity contribution in [1.82, 2.24) is 0 Å². The van der Waals surface area contributed by atoms with Crippen LogP contribution in [0.25, 0.3) is 0 Å². The average molecular weight is 420 g/mol. The predicted molar refractivity (Wildman–Crippen MR) is 82.6 cm³/mol. The number of hydrogen-bond acceptors (Lipinski definition) is 5. The number of nitro groups is 1. The van der Waals surface area contributed by atoms with Crippen LogP contribution in [0.5, 0.6) is 0 Å². The van der Waals surface area contributed by atoms with Gasteiger partial charge in [0.05, 0.1) is 27.6 Å². The van der Waals surface area contributed by atoms with Crippen molar-refractivity contribution in [2.45, 2.75) is 17.7 Å². The summed E-state index contributed by atoms with van der Waals surface area (Å²) < 4.78 is 67.8. The molecule has 6 nitrogen and oxygen atoms in total. The van der Waals surface area contributed by atoms with E-state index in [1.807, 2.05) is 0 Å². The first-order valence-electron chi connectivity index (χ1n) is 6.51. The molecule has 0 aliphatic carbocycles. The molecule has 0 aliphatic rings. The van der Waals surface area contributed by atoms with Crippen LogP contribution in [0.2, 0.25) is 5.02 Å². The van der Waals surface area contributed by atoms with Crippen LogP contribution in [0.1, 0.15) is 12.6 Å². The minimum absolute atomic E-state index is 0. The Hall–Kier alpha value is -1.17. The fraction of sp³-hybridized carbons (Fsp3) is 0.143. The van der Waals surface area contributed by atoms with Gasteiger partial charge < -0.3 is 1.43 Å². The van der Waals surface area contributed by atoms with E-state index >= 15 is 0 Å². The van der Waals surface area contributed by atoms with Crippen molar-refractivity contribution in [3.8, 4) is 0 Å². The summed E-state index contributed by atoms with van der Waals surface area (Å²) in [6.45, 7) is -1.14. The fourth-order valence-corrected chi connectivity index (χ4v) is 2.97. The topological polar surface area (TPSA) is 86.5 Å². The largest absolute Gasteiger partial charge is 1.00 e. The Morgan fingerprint density at radius 2 is 1.73 bits per heavy atom. The van der Waals surface area contributed by atoms with Gasteiger partial charge in [-0.15, -0.1) is 0 Å². The van der Waals surface area contributed by atoms with Crippen LogP contribution in [0.4, 0.5) is 18.9 Å². The van der Waals surface area contributed by atoms with Crippen molar-refractivity contribution in [3.05, 3.63) is 68.7 Å². The smallest absolute Gasteiger partial charge is 1.00 e. The molecule has 0 bridgehead atoms. The van der Waals surface area contributed by atoms with Crippen molar-refractivity contribution in [3.63, 3.8) is 0 Å². The SMILES string of the molecule is O=[N+]([O-])c1cccc(C(F)(F)F)c1COS(=O)(=O)c1ccc(Cl)cc1.[H-].[Na+]. The Labute approximate surface area is 175 Å². The molecular formula is C14H10ClF3NNaO5S. The second-order valence-corrected chi connectivity index (χ2v) is 6.78. The van der Waals surface area contributed by atoms with Crippen LogP contribution in [-0.2, 0) is 27.1 Å². The second kappa shape index (κ2) is 8.68. The van der Waals surface area contributed by atoms with Gasteiger partial charge in [-0.1, -0.05) is 17.7 Å². The third-order valence-electron chi connectivity index (χ3n) is 3.11. The molecule has 2 rings (SSSR count). The summed E-state index contributed by atoms with van der Waals surface area (Å²) in [4.78, 5) is 9.57. The molecule has 0 aromatic heterocycles. The number of nitrogens with zero attached hydrogens (tertiary/aromatic N) is 1. The molecule has 0 spiro atoms. The van der Waals surface area contributed by atoms with Gasteiger partial charge in [-0.2, -0.15) is 21.6 Å². The van der Waals surface area contributed by atoms with Gasteiger partial charge in [-0.05, 0) is 30.3 Å². The molecule has 0 radical (unpaired) electrons. The van der Waals surface area contributed by atoms with E-state index in [4.69, 9.17) is 11.6 Å². The molecular weight excluding hydrogens is 410 g/mol. The van der Waals surface area contributed by atoms with Gasteiger partial charge in [0, 0.05) is 11.1 Å². The minimum Gasteiger partial charge on any atom is -1.00 e. The number of nitro benzene ring substituents is 1. The second-order valence-electron chi connectivity index (χ2n) is 4.73. The summed E-state index contributed by atoms with van der Waals surface area (Å²) >= 11 is 5.63. The summed E-state index contributed by atoms with van der Waals surface area (Å²) in [6.07, 6.45) is -4.91.